The summed E-state index contributed by atoms with van der Waals surface area (Å²) in [6.45, 7) is 3.76. The lowest BCUT2D eigenvalue weighted by molar-refractivity contribution is -0.185. The molecule has 1 N–H and O–H groups in total. The fourth-order valence-corrected chi connectivity index (χ4v) is 7.35. The van der Waals surface area contributed by atoms with Crippen LogP contribution in [0.5, 0.6) is 5.75 Å². The molecule has 3 heterocycles. The molecule has 1 aliphatic heterocycles. The highest BCUT2D eigenvalue weighted by atomic mass is 32.1. The molecule has 3 aromatic rings. The molecule has 1 atom stereocenters. The standard InChI is InChI=1S/C29H34F6N4O3S/c1-3-23(41-19-8-9-20(21(30)14-19)25-37-27(40)42-38-25)24-22(15-39-12-10-18(11-13-39)29(33,34)35)36-26(43-24)16-4-6-17(7-5-16)28(2,31)32/h8-9,14,16-18,23H,3-7,10-13,15H2,1-2H3,(H,37,38,40). The van der Waals surface area contributed by atoms with Crippen molar-refractivity contribution in [2.45, 2.75) is 89.5 Å². The van der Waals surface area contributed by atoms with Gasteiger partial charge in [-0.2, -0.15) is 13.2 Å². The molecule has 1 saturated carbocycles. The van der Waals surface area contributed by atoms with Gasteiger partial charge in [0.25, 0.3) is 0 Å². The summed E-state index contributed by atoms with van der Waals surface area (Å²) in [5.74, 6) is -6.03. The molecular weight excluding hydrogens is 598 g/mol. The highest BCUT2D eigenvalue weighted by Gasteiger charge is 2.42. The van der Waals surface area contributed by atoms with Gasteiger partial charge in [0.05, 0.1) is 27.1 Å². The summed E-state index contributed by atoms with van der Waals surface area (Å²) < 4.78 is 93.2. The lowest BCUT2D eigenvalue weighted by Gasteiger charge is -2.32. The maximum Gasteiger partial charge on any atom is 0.439 e. The smallest absolute Gasteiger partial charge is 0.439 e. The molecule has 0 amide bonds. The van der Waals surface area contributed by atoms with Gasteiger partial charge in [0, 0.05) is 24.4 Å². The quantitative estimate of drug-likeness (QED) is 0.242. The molecule has 1 aliphatic carbocycles. The van der Waals surface area contributed by atoms with Crippen LogP contribution < -0.4 is 10.5 Å². The van der Waals surface area contributed by atoms with Gasteiger partial charge in [-0.1, -0.05) is 12.1 Å². The molecule has 0 radical (unpaired) electrons. The minimum Gasteiger partial charge on any atom is -0.485 e. The van der Waals surface area contributed by atoms with Gasteiger partial charge in [-0.25, -0.2) is 22.9 Å². The number of aromatic amines is 1. The molecule has 7 nitrogen and oxygen atoms in total. The van der Waals surface area contributed by atoms with Crippen LogP contribution in [0, 0.1) is 17.7 Å². The van der Waals surface area contributed by atoms with Crippen LogP contribution in [0.25, 0.3) is 11.4 Å². The summed E-state index contributed by atoms with van der Waals surface area (Å²) in [7, 11) is 0. The third-order valence-electron chi connectivity index (χ3n) is 8.54. The predicted molar refractivity (Wildman–Crippen MR) is 148 cm³/mol. The monoisotopic (exact) mass is 632 g/mol. The zero-order valence-corrected chi connectivity index (χ0v) is 24.7. The normalized spacial score (nSPS) is 21.7. The van der Waals surface area contributed by atoms with Crippen LogP contribution in [0.1, 0.15) is 86.4 Å². The Balaban J connectivity index is 1.37. The predicted octanol–water partition coefficient (Wildman–Crippen LogP) is 7.86. The van der Waals surface area contributed by atoms with E-state index in [0.717, 1.165) is 16.8 Å². The summed E-state index contributed by atoms with van der Waals surface area (Å²) in [5, 5.41) is 4.32. The van der Waals surface area contributed by atoms with Gasteiger partial charge in [-0.15, -0.1) is 11.3 Å². The maximum absolute atomic E-state index is 14.9. The zero-order valence-electron chi connectivity index (χ0n) is 23.9. The fourth-order valence-electron chi connectivity index (χ4n) is 5.99. The van der Waals surface area contributed by atoms with E-state index in [1.165, 1.54) is 23.5 Å². The number of halogens is 6. The molecule has 0 bridgehead atoms. The van der Waals surface area contributed by atoms with Gasteiger partial charge < -0.3 is 4.74 Å². The Bertz CT molecular complexity index is 1430. The molecule has 236 valence electrons. The number of rotatable bonds is 9. The van der Waals surface area contributed by atoms with Gasteiger partial charge in [0.2, 0.25) is 5.92 Å². The van der Waals surface area contributed by atoms with E-state index in [1.54, 1.807) is 6.07 Å². The summed E-state index contributed by atoms with van der Waals surface area (Å²) >= 11 is 1.44. The second-order valence-corrected chi connectivity index (χ2v) is 12.6. The minimum absolute atomic E-state index is 0.00548. The molecule has 1 saturated heterocycles. The van der Waals surface area contributed by atoms with Crippen LogP contribution in [0.3, 0.4) is 0 Å². The summed E-state index contributed by atoms with van der Waals surface area (Å²) in [5.41, 5.74) is 0.722. The lowest BCUT2D eigenvalue weighted by Crippen LogP contribution is -2.38. The first-order valence-electron chi connectivity index (χ1n) is 14.5. The first-order chi connectivity index (χ1) is 20.3. The second-order valence-electron chi connectivity index (χ2n) is 11.6. The molecule has 14 heteroatoms. The van der Waals surface area contributed by atoms with Crippen molar-refractivity contribution in [1.29, 1.82) is 0 Å². The van der Waals surface area contributed by atoms with Gasteiger partial charge in [-0.05, 0) is 77.1 Å². The molecule has 0 spiro atoms. The number of nitrogens with zero attached hydrogens (tertiary/aromatic N) is 3. The average Bonchev–Trinajstić information content (AvgIpc) is 3.57. The lowest BCUT2D eigenvalue weighted by atomic mass is 9.79. The van der Waals surface area contributed by atoms with Crippen LogP contribution >= 0.6 is 11.3 Å². The van der Waals surface area contributed by atoms with Crippen molar-refractivity contribution < 1.29 is 35.6 Å². The third kappa shape index (κ3) is 7.44. The zero-order chi connectivity index (χ0) is 30.9. The summed E-state index contributed by atoms with van der Waals surface area (Å²) in [6.07, 6.45) is -2.28. The number of thiazole rings is 1. The topological polar surface area (TPSA) is 84.2 Å². The molecule has 2 fully saturated rings. The van der Waals surface area contributed by atoms with E-state index in [2.05, 4.69) is 14.7 Å². The Morgan fingerprint density at radius 1 is 1.09 bits per heavy atom. The van der Waals surface area contributed by atoms with Crippen LogP contribution in [0.2, 0.25) is 0 Å². The SMILES string of the molecule is CCC(Oc1ccc(-c2noc(=O)[nH]2)c(F)c1)c1sc(C2CCC(C(C)(F)F)CC2)nc1CN1CCC(C(F)(F)F)CC1. The van der Waals surface area contributed by atoms with Crippen molar-refractivity contribution in [3.05, 3.63) is 50.1 Å². The van der Waals surface area contributed by atoms with E-state index in [9.17, 15) is 31.1 Å². The average molecular weight is 633 g/mol. The molecular formula is C29H34F6N4O3S. The van der Waals surface area contributed by atoms with Crippen molar-refractivity contribution in [1.82, 2.24) is 20.0 Å². The van der Waals surface area contributed by atoms with E-state index in [1.807, 2.05) is 11.8 Å². The number of nitrogens with one attached hydrogen (secondary N) is 1. The van der Waals surface area contributed by atoms with Gasteiger partial charge in [0.15, 0.2) is 5.82 Å². The van der Waals surface area contributed by atoms with Crippen molar-refractivity contribution in [2.75, 3.05) is 13.1 Å². The molecule has 1 aromatic carbocycles. The van der Waals surface area contributed by atoms with E-state index in [4.69, 9.17) is 9.72 Å². The Kier molecular flexibility index (Phi) is 9.26. The first-order valence-corrected chi connectivity index (χ1v) is 15.3. The van der Waals surface area contributed by atoms with Crippen LogP contribution in [0.15, 0.2) is 27.5 Å². The number of alkyl halides is 5. The molecule has 43 heavy (non-hydrogen) atoms. The van der Waals surface area contributed by atoms with E-state index >= 15 is 0 Å². The van der Waals surface area contributed by atoms with E-state index in [0.29, 0.717) is 44.3 Å². The number of ether oxygens (including phenoxy) is 1. The maximum atomic E-state index is 14.9. The number of likely N-dealkylation sites (tertiary alicyclic amines) is 1. The summed E-state index contributed by atoms with van der Waals surface area (Å²) in [4.78, 5) is 21.3. The minimum atomic E-state index is -4.21. The first kappa shape index (κ1) is 31.6. The second kappa shape index (κ2) is 12.6. The number of piperidine rings is 1. The molecule has 5 rings (SSSR count). The molecule has 2 aliphatic rings. The number of benzene rings is 1. The number of hydrogen-bond acceptors (Lipinski definition) is 7. The van der Waals surface area contributed by atoms with Gasteiger partial charge >= 0.3 is 11.9 Å². The number of H-pyrrole nitrogens is 1. The van der Waals surface area contributed by atoms with Crippen LogP contribution in [-0.4, -0.2) is 45.2 Å². The number of hydrogen-bond donors (Lipinski definition) is 1. The Morgan fingerprint density at radius 3 is 2.35 bits per heavy atom. The Labute approximate surface area is 248 Å². The highest BCUT2D eigenvalue weighted by Crippen LogP contribution is 2.45. The van der Waals surface area contributed by atoms with Crippen molar-refractivity contribution >= 4 is 11.3 Å². The van der Waals surface area contributed by atoms with E-state index < -0.39 is 41.6 Å². The van der Waals surface area contributed by atoms with Gasteiger partial charge in [-0.3, -0.25) is 14.4 Å². The van der Waals surface area contributed by atoms with Crippen molar-refractivity contribution in [2.24, 2.45) is 11.8 Å². The fraction of sp³-hybridized carbons (Fsp3) is 0.621. The summed E-state index contributed by atoms with van der Waals surface area (Å²) in [6, 6.07) is 4.14. The Hall–Kier alpha value is -2.87. The number of aromatic nitrogens is 3. The van der Waals surface area contributed by atoms with E-state index in [-0.39, 0.29) is 49.0 Å². The molecule has 2 aromatic heterocycles. The Morgan fingerprint density at radius 2 is 1.79 bits per heavy atom. The third-order valence-corrected chi connectivity index (χ3v) is 9.89. The van der Waals surface area contributed by atoms with Crippen molar-refractivity contribution in [3.63, 3.8) is 0 Å². The van der Waals surface area contributed by atoms with Crippen LogP contribution in [0.4, 0.5) is 26.3 Å². The van der Waals surface area contributed by atoms with Crippen LogP contribution in [-0.2, 0) is 6.54 Å². The largest absolute Gasteiger partial charge is 0.485 e. The highest BCUT2D eigenvalue weighted by molar-refractivity contribution is 7.11. The van der Waals surface area contributed by atoms with Gasteiger partial charge in [0.1, 0.15) is 17.7 Å². The van der Waals surface area contributed by atoms with Crippen molar-refractivity contribution in [3.8, 4) is 17.1 Å². The molecule has 1 unspecified atom stereocenters.